The Morgan fingerprint density at radius 2 is 2.12 bits per heavy atom. The van der Waals surface area contributed by atoms with Gasteiger partial charge < -0.3 is 4.90 Å². The summed E-state index contributed by atoms with van der Waals surface area (Å²) in [6, 6.07) is 0. The van der Waals surface area contributed by atoms with E-state index in [-0.39, 0.29) is 0 Å². The summed E-state index contributed by atoms with van der Waals surface area (Å²) in [5.74, 6) is 1.80. The predicted molar refractivity (Wildman–Crippen MR) is 66.2 cm³/mol. The maximum Gasteiger partial charge on any atom is 0.254 e. The van der Waals surface area contributed by atoms with Gasteiger partial charge in [-0.25, -0.2) is 4.98 Å². The van der Waals surface area contributed by atoms with Crippen molar-refractivity contribution in [1.29, 1.82) is 0 Å². The lowest BCUT2D eigenvalue weighted by molar-refractivity contribution is 0.764. The molecule has 1 aliphatic rings. The first-order valence-corrected chi connectivity index (χ1v) is 5.84. The van der Waals surface area contributed by atoms with Crippen molar-refractivity contribution in [2.45, 2.75) is 20.3 Å². The van der Waals surface area contributed by atoms with Crippen LogP contribution in [0.25, 0.3) is 5.78 Å². The molecule has 2 aromatic rings. The van der Waals surface area contributed by atoms with Gasteiger partial charge in [-0.3, -0.25) is 0 Å². The lowest BCUT2D eigenvalue weighted by Crippen LogP contribution is -2.30. The molecule has 5 nitrogen and oxygen atoms in total. The Labute approximate surface area is 99.8 Å². The molecule has 0 N–H and O–H groups in total. The van der Waals surface area contributed by atoms with Gasteiger partial charge in [0.05, 0.1) is 0 Å². The quantitative estimate of drug-likeness (QED) is 0.695. The van der Waals surface area contributed by atoms with Gasteiger partial charge in [0, 0.05) is 24.3 Å². The van der Waals surface area contributed by atoms with E-state index in [9.17, 15) is 0 Å². The smallest absolute Gasteiger partial charge is 0.254 e. The molecule has 1 aliphatic heterocycles. The molecule has 0 aromatic carbocycles. The Balaban J connectivity index is 2.21. The fourth-order valence-corrected chi connectivity index (χ4v) is 2.22. The van der Waals surface area contributed by atoms with Crippen LogP contribution in [0.4, 0.5) is 5.82 Å². The molecule has 0 bridgehead atoms. The van der Waals surface area contributed by atoms with Gasteiger partial charge in [-0.05, 0) is 20.3 Å². The summed E-state index contributed by atoms with van der Waals surface area (Å²) < 4.78 is 1.83. The number of hydrogen-bond donors (Lipinski definition) is 0. The van der Waals surface area contributed by atoms with Crippen molar-refractivity contribution >= 4 is 11.6 Å². The molecule has 17 heavy (non-hydrogen) atoms. The van der Waals surface area contributed by atoms with E-state index in [2.05, 4.69) is 39.0 Å². The summed E-state index contributed by atoms with van der Waals surface area (Å²) >= 11 is 0. The highest BCUT2D eigenvalue weighted by molar-refractivity contribution is 5.54. The number of aromatic nitrogens is 4. The van der Waals surface area contributed by atoms with E-state index in [1.807, 2.05) is 11.4 Å². The number of fused-ring (bicyclic) bond motifs is 1. The number of aryl methyl sites for hydroxylation is 1. The minimum atomic E-state index is 0.678. The van der Waals surface area contributed by atoms with E-state index >= 15 is 0 Å². The highest BCUT2D eigenvalue weighted by atomic mass is 15.4. The molecule has 2 aromatic heterocycles. The molecule has 0 atom stereocenters. The first-order chi connectivity index (χ1) is 8.27. The minimum absolute atomic E-state index is 0.678. The molecule has 0 spiro atoms. The summed E-state index contributed by atoms with van der Waals surface area (Å²) in [6.45, 7) is 6.07. The molecular weight excluding hydrogens is 214 g/mol. The molecule has 0 amide bonds. The second kappa shape index (κ2) is 3.84. The van der Waals surface area contributed by atoms with Gasteiger partial charge in [-0.15, -0.1) is 0 Å². The maximum absolute atomic E-state index is 4.44. The number of hydrogen-bond acceptors (Lipinski definition) is 4. The normalized spacial score (nSPS) is 15.8. The van der Waals surface area contributed by atoms with E-state index < -0.39 is 0 Å². The zero-order valence-corrected chi connectivity index (χ0v) is 10.1. The van der Waals surface area contributed by atoms with Crippen LogP contribution < -0.4 is 4.90 Å². The van der Waals surface area contributed by atoms with Crippen LogP contribution >= 0.6 is 0 Å². The van der Waals surface area contributed by atoms with Crippen molar-refractivity contribution in [2.24, 2.45) is 0 Å². The Kier molecular flexibility index (Phi) is 2.31. The Hall–Kier alpha value is -1.91. The van der Waals surface area contributed by atoms with Gasteiger partial charge >= 0.3 is 0 Å². The van der Waals surface area contributed by atoms with Gasteiger partial charge in [-0.1, -0.05) is 12.2 Å². The van der Waals surface area contributed by atoms with Gasteiger partial charge in [-0.2, -0.15) is 14.6 Å². The Bertz CT molecular complexity index is 584. The van der Waals surface area contributed by atoms with E-state index in [1.165, 1.54) is 5.56 Å². The van der Waals surface area contributed by atoms with Gasteiger partial charge in [0.25, 0.3) is 5.78 Å². The van der Waals surface area contributed by atoms with Crippen molar-refractivity contribution in [3.05, 3.63) is 29.7 Å². The van der Waals surface area contributed by atoms with Gasteiger partial charge in [0.1, 0.15) is 12.1 Å². The first-order valence-electron chi connectivity index (χ1n) is 5.84. The molecular formula is C12H15N5. The maximum atomic E-state index is 4.44. The molecule has 0 unspecified atom stereocenters. The zero-order chi connectivity index (χ0) is 11.8. The van der Waals surface area contributed by atoms with E-state index in [4.69, 9.17) is 0 Å². The van der Waals surface area contributed by atoms with Crippen LogP contribution in [0, 0.1) is 13.8 Å². The van der Waals surface area contributed by atoms with Crippen molar-refractivity contribution in [3.8, 4) is 0 Å². The van der Waals surface area contributed by atoms with E-state index in [0.29, 0.717) is 5.78 Å². The Morgan fingerprint density at radius 1 is 1.24 bits per heavy atom. The third kappa shape index (κ3) is 1.58. The van der Waals surface area contributed by atoms with Crippen molar-refractivity contribution in [2.75, 3.05) is 18.0 Å². The van der Waals surface area contributed by atoms with Crippen LogP contribution in [0.3, 0.4) is 0 Å². The second-order valence-electron chi connectivity index (χ2n) is 4.32. The second-order valence-corrected chi connectivity index (χ2v) is 4.32. The molecule has 0 saturated heterocycles. The summed E-state index contributed by atoms with van der Waals surface area (Å²) in [7, 11) is 0. The van der Waals surface area contributed by atoms with Crippen LogP contribution in [0.15, 0.2) is 18.5 Å². The number of rotatable bonds is 1. The monoisotopic (exact) mass is 229 g/mol. The average molecular weight is 229 g/mol. The lowest BCUT2D eigenvalue weighted by Gasteiger charge is -2.27. The molecule has 0 radical (unpaired) electrons. The van der Waals surface area contributed by atoms with E-state index in [0.717, 1.165) is 31.0 Å². The average Bonchev–Trinajstić information content (AvgIpc) is 2.79. The molecule has 0 aliphatic carbocycles. The molecule has 0 fully saturated rings. The fraction of sp³-hybridized carbons (Fsp3) is 0.417. The molecule has 3 heterocycles. The zero-order valence-electron chi connectivity index (χ0n) is 10.1. The van der Waals surface area contributed by atoms with Crippen LogP contribution in [0.1, 0.15) is 17.7 Å². The minimum Gasteiger partial charge on any atom is -0.352 e. The third-order valence-corrected chi connectivity index (χ3v) is 3.23. The van der Waals surface area contributed by atoms with Gasteiger partial charge in [0.15, 0.2) is 0 Å². The van der Waals surface area contributed by atoms with Crippen molar-refractivity contribution in [1.82, 2.24) is 19.6 Å². The van der Waals surface area contributed by atoms with E-state index in [1.54, 1.807) is 6.33 Å². The van der Waals surface area contributed by atoms with Gasteiger partial charge in [0.2, 0.25) is 0 Å². The van der Waals surface area contributed by atoms with Crippen LogP contribution in [0.2, 0.25) is 0 Å². The first kappa shape index (κ1) is 10.3. The van der Waals surface area contributed by atoms with Crippen molar-refractivity contribution < 1.29 is 0 Å². The highest BCUT2D eigenvalue weighted by Crippen LogP contribution is 2.23. The topological polar surface area (TPSA) is 46.3 Å². The predicted octanol–water partition coefficient (Wildman–Crippen LogP) is 1.51. The van der Waals surface area contributed by atoms with Crippen molar-refractivity contribution in [3.63, 3.8) is 0 Å². The standard InChI is InChI=1S/C12H15N5/c1-9-10(2)15-12-13-8-14-17(12)11(9)16-6-4-3-5-7-16/h3-4,8H,5-7H2,1-2H3. The summed E-state index contributed by atoms with van der Waals surface area (Å²) in [5, 5.41) is 4.27. The highest BCUT2D eigenvalue weighted by Gasteiger charge is 2.17. The third-order valence-electron chi connectivity index (χ3n) is 3.23. The number of anilines is 1. The lowest BCUT2D eigenvalue weighted by atomic mass is 10.2. The van der Waals surface area contributed by atoms with Crippen LogP contribution in [-0.4, -0.2) is 32.7 Å². The fourth-order valence-electron chi connectivity index (χ4n) is 2.22. The summed E-state index contributed by atoms with van der Waals surface area (Å²) in [6.07, 6.45) is 7.06. The molecule has 0 saturated carbocycles. The molecule has 88 valence electrons. The number of nitrogens with zero attached hydrogens (tertiary/aromatic N) is 5. The summed E-state index contributed by atoms with van der Waals surface area (Å²) in [5.41, 5.74) is 2.20. The van der Waals surface area contributed by atoms with Crippen LogP contribution in [0.5, 0.6) is 0 Å². The largest absolute Gasteiger partial charge is 0.352 e. The summed E-state index contributed by atoms with van der Waals surface area (Å²) in [4.78, 5) is 10.9. The molecule has 5 heteroatoms. The SMILES string of the molecule is Cc1nc2ncnn2c(N2CC=CCC2)c1C. The van der Waals surface area contributed by atoms with Crippen LogP contribution in [-0.2, 0) is 0 Å². The Morgan fingerprint density at radius 3 is 2.88 bits per heavy atom. The molecule has 3 rings (SSSR count).